The van der Waals surface area contributed by atoms with Gasteiger partial charge in [0, 0.05) is 11.8 Å². The average Bonchev–Trinajstić information content (AvgIpc) is 2.73. The monoisotopic (exact) mass is 309 g/mol. The van der Waals surface area contributed by atoms with Crippen molar-refractivity contribution in [2.24, 2.45) is 0 Å². The van der Waals surface area contributed by atoms with Crippen molar-refractivity contribution in [1.29, 1.82) is 0 Å². The minimum atomic E-state index is -1.10. The number of carbonyl (C=O) groups excluding carboxylic acids is 1. The number of aromatic amines is 1. The number of phenolic OH excluding ortho intramolecular Hbond substituents is 1. The molecule has 0 saturated carbocycles. The topological polar surface area (TPSA) is 149 Å². The van der Waals surface area contributed by atoms with E-state index in [1.807, 2.05) is 0 Å². The van der Waals surface area contributed by atoms with E-state index >= 15 is 0 Å². The maximum atomic E-state index is 12.0. The molecule has 116 valence electrons. The SMILES string of the molecule is CCOC(=O)c1c(C)[nH]c2cc([N+](=O)[O-])c(O)c([N+](=O)[O-])c12. The Morgan fingerprint density at radius 2 is 2.00 bits per heavy atom. The normalized spacial score (nSPS) is 10.6. The highest BCUT2D eigenvalue weighted by Gasteiger charge is 2.34. The summed E-state index contributed by atoms with van der Waals surface area (Å²) in [6.45, 7) is 3.09. The van der Waals surface area contributed by atoms with Gasteiger partial charge in [0.2, 0.25) is 0 Å². The van der Waals surface area contributed by atoms with Gasteiger partial charge >= 0.3 is 17.3 Å². The number of benzene rings is 1. The number of nitrogens with zero attached hydrogens (tertiary/aromatic N) is 2. The molecule has 0 spiro atoms. The van der Waals surface area contributed by atoms with Gasteiger partial charge in [0.15, 0.2) is 0 Å². The molecule has 0 aliphatic rings. The first-order chi connectivity index (χ1) is 10.3. The second-order valence-electron chi connectivity index (χ2n) is 4.38. The smallest absolute Gasteiger partial charge is 0.340 e. The number of phenols is 1. The van der Waals surface area contributed by atoms with Crippen LogP contribution in [0.3, 0.4) is 0 Å². The van der Waals surface area contributed by atoms with Crippen LogP contribution in [0.5, 0.6) is 5.75 Å². The predicted molar refractivity (Wildman–Crippen MR) is 74.0 cm³/mol. The van der Waals surface area contributed by atoms with E-state index in [4.69, 9.17) is 4.74 Å². The van der Waals surface area contributed by atoms with Crippen LogP contribution in [0.1, 0.15) is 23.0 Å². The van der Waals surface area contributed by atoms with Crippen molar-refractivity contribution in [1.82, 2.24) is 4.98 Å². The van der Waals surface area contributed by atoms with Gasteiger partial charge in [-0.05, 0) is 13.8 Å². The van der Waals surface area contributed by atoms with E-state index in [9.17, 15) is 30.1 Å². The molecule has 1 heterocycles. The zero-order valence-corrected chi connectivity index (χ0v) is 11.6. The first-order valence-corrected chi connectivity index (χ1v) is 6.13. The number of aromatic nitrogens is 1. The Hall–Kier alpha value is -3.17. The third-order valence-electron chi connectivity index (χ3n) is 3.06. The zero-order valence-electron chi connectivity index (χ0n) is 11.6. The number of nitro benzene ring substituents is 2. The molecular weight excluding hydrogens is 298 g/mol. The van der Waals surface area contributed by atoms with E-state index in [0.717, 1.165) is 6.07 Å². The molecule has 0 fully saturated rings. The Morgan fingerprint density at radius 1 is 1.36 bits per heavy atom. The second kappa shape index (κ2) is 5.31. The molecule has 0 saturated heterocycles. The van der Waals surface area contributed by atoms with Crippen LogP contribution >= 0.6 is 0 Å². The van der Waals surface area contributed by atoms with Crippen LogP contribution < -0.4 is 0 Å². The number of carbonyl (C=O) groups is 1. The molecule has 0 aliphatic heterocycles. The highest BCUT2D eigenvalue weighted by atomic mass is 16.6. The average molecular weight is 309 g/mol. The van der Waals surface area contributed by atoms with Crippen molar-refractivity contribution in [2.75, 3.05) is 6.61 Å². The standard InChI is InChI=1S/C12H11N3O7/c1-3-22-12(17)8-5(2)13-6-4-7(14(18)19)11(16)10(9(6)8)15(20)21/h4,13,16H,3H2,1-2H3. The lowest BCUT2D eigenvalue weighted by atomic mass is 10.1. The first kappa shape index (κ1) is 15.2. The van der Waals surface area contributed by atoms with Crippen molar-refractivity contribution in [3.8, 4) is 5.75 Å². The second-order valence-corrected chi connectivity index (χ2v) is 4.38. The Balaban J connectivity index is 2.94. The largest absolute Gasteiger partial charge is 0.497 e. The number of fused-ring (bicyclic) bond motifs is 1. The number of esters is 1. The van der Waals surface area contributed by atoms with Crippen molar-refractivity contribution in [3.05, 3.63) is 37.6 Å². The van der Waals surface area contributed by atoms with Gasteiger partial charge in [-0.15, -0.1) is 0 Å². The summed E-state index contributed by atoms with van der Waals surface area (Å²) >= 11 is 0. The van der Waals surface area contributed by atoms with E-state index in [2.05, 4.69) is 4.98 Å². The van der Waals surface area contributed by atoms with Crippen LogP contribution in [0, 0.1) is 27.2 Å². The maximum absolute atomic E-state index is 12.0. The van der Waals surface area contributed by atoms with Crippen LogP contribution in [-0.2, 0) is 4.74 Å². The molecule has 1 aromatic carbocycles. The number of aryl methyl sites for hydroxylation is 1. The van der Waals surface area contributed by atoms with E-state index in [0.29, 0.717) is 0 Å². The molecule has 10 nitrogen and oxygen atoms in total. The van der Waals surface area contributed by atoms with Gasteiger partial charge in [-0.25, -0.2) is 4.79 Å². The molecular formula is C12H11N3O7. The molecule has 0 amide bonds. The third kappa shape index (κ3) is 2.20. The summed E-state index contributed by atoms with van der Waals surface area (Å²) in [5.41, 5.74) is -1.62. The van der Waals surface area contributed by atoms with Crippen molar-refractivity contribution >= 4 is 28.2 Å². The molecule has 2 aromatic rings. The maximum Gasteiger partial charge on any atom is 0.340 e. The lowest BCUT2D eigenvalue weighted by molar-refractivity contribution is -0.394. The molecule has 1 aromatic heterocycles. The zero-order chi connectivity index (χ0) is 16.6. The fourth-order valence-corrected chi connectivity index (χ4v) is 2.22. The lowest BCUT2D eigenvalue weighted by Gasteiger charge is -2.03. The van der Waals surface area contributed by atoms with Gasteiger partial charge in [0.05, 0.1) is 32.9 Å². The van der Waals surface area contributed by atoms with Crippen molar-refractivity contribution in [2.45, 2.75) is 13.8 Å². The van der Waals surface area contributed by atoms with Crippen molar-refractivity contribution < 1.29 is 24.5 Å². The molecule has 0 unspecified atom stereocenters. The predicted octanol–water partition coefficient (Wildman–Crippen LogP) is 2.18. The number of H-pyrrole nitrogens is 1. The Kier molecular flexibility index (Phi) is 3.68. The number of rotatable bonds is 4. The minimum absolute atomic E-state index is 0.00301. The summed E-state index contributed by atoms with van der Waals surface area (Å²) < 4.78 is 4.83. The summed E-state index contributed by atoms with van der Waals surface area (Å²) in [6, 6.07) is 0.938. The van der Waals surface area contributed by atoms with Crippen molar-refractivity contribution in [3.63, 3.8) is 0 Å². The molecule has 0 bridgehead atoms. The molecule has 2 N–H and O–H groups in total. The third-order valence-corrected chi connectivity index (χ3v) is 3.06. The number of ether oxygens (including phenoxy) is 1. The lowest BCUT2D eigenvalue weighted by Crippen LogP contribution is -2.06. The summed E-state index contributed by atoms with van der Waals surface area (Å²) in [5.74, 6) is -1.92. The quantitative estimate of drug-likeness (QED) is 0.499. The Labute approximate surface area is 122 Å². The molecule has 0 radical (unpaired) electrons. The Morgan fingerprint density at radius 3 is 2.50 bits per heavy atom. The van der Waals surface area contributed by atoms with Gasteiger partial charge in [-0.3, -0.25) is 20.2 Å². The van der Waals surface area contributed by atoms with Crippen LogP contribution in [0.25, 0.3) is 10.9 Å². The molecule has 10 heteroatoms. The number of nitrogens with one attached hydrogen (secondary N) is 1. The van der Waals surface area contributed by atoms with E-state index in [1.54, 1.807) is 6.92 Å². The van der Waals surface area contributed by atoms with Gasteiger partial charge in [-0.1, -0.05) is 0 Å². The molecule has 0 aliphatic carbocycles. The van der Waals surface area contributed by atoms with Crippen LogP contribution in [-0.4, -0.2) is 32.5 Å². The van der Waals surface area contributed by atoms with Gasteiger partial charge in [-0.2, -0.15) is 0 Å². The van der Waals surface area contributed by atoms with E-state index < -0.39 is 32.9 Å². The number of nitro groups is 2. The number of hydrogen-bond acceptors (Lipinski definition) is 7. The van der Waals surface area contributed by atoms with Crippen LogP contribution in [0.15, 0.2) is 6.07 Å². The molecule has 22 heavy (non-hydrogen) atoms. The summed E-state index contributed by atoms with van der Waals surface area (Å²) in [4.78, 5) is 34.8. The van der Waals surface area contributed by atoms with Gasteiger partial charge in [0.1, 0.15) is 0 Å². The van der Waals surface area contributed by atoms with E-state index in [1.165, 1.54) is 6.92 Å². The summed E-state index contributed by atoms with van der Waals surface area (Å²) in [7, 11) is 0. The highest BCUT2D eigenvalue weighted by Crippen LogP contribution is 2.44. The van der Waals surface area contributed by atoms with Gasteiger partial charge in [0.25, 0.3) is 5.75 Å². The fourth-order valence-electron chi connectivity index (χ4n) is 2.22. The Bertz CT molecular complexity index is 809. The molecule has 2 rings (SSSR count). The summed E-state index contributed by atoms with van der Waals surface area (Å²) in [6.07, 6.45) is 0. The van der Waals surface area contributed by atoms with Crippen LogP contribution in [0.2, 0.25) is 0 Å². The fraction of sp³-hybridized carbons (Fsp3) is 0.250. The summed E-state index contributed by atoms with van der Waals surface area (Å²) in [5, 5.41) is 31.7. The first-order valence-electron chi connectivity index (χ1n) is 6.13. The highest BCUT2D eigenvalue weighted by molar-refractivity contribution is 6.11. The molecule has 0 atom stereocenters. The number of hydrogen-bond donors (Lipinski definition) is 2. The number of aromatic hydroxyl groups is 1. The van der Waals surface area contributed by atoms with Gasteiger partial charge < -0.3 is 14.8 Å². The minimum Gasteiger partial charge on any atom is -0.497 e. The van der Waals surface area contributed by atoms with Crippen LogP contribution in [0.4, 0.5) is 11.4 Å². The van der Waals surface area contributed by atoms with E-state index in [-0.39, 0.29) is 28.8 Å².